The topological polar surface area (TPSA) is 96.2 Å². The van der Waals surface area contributed by atoms with Crippen LogP contribution in [0.3, 0.4) is 0 Å². The van der Waals surface area contributed by atoms with E-state index in [9.17, 15) is 9.67 Å². The molecule has 174 valence electrons. The Morgan fingerprint density at radius 2 is 1.27 bits per heavy atom. The molecule has 0 rings (SSSR count). The quantitative estimate of drug-likeness (QED) is 0.162. The summed E-state index contributed by atoms with van der Waals surface area (Å²) in [6, 6.07) is 0. The zero-order valence-corrected chi connectivity index (χ0v) is 20.2. The van der Waals surface area contributed by atoms with Crippen LogP contribution in [-0.4, -0.2) is 40.8 Å². The average molecular weight is 445 g/mol. The smallest absolute Gasteiger partial charge is 0.388 e. The Labute approximate surface area is 182 Å². The molecule has 0 fully saturated rings. The van der Waals surface area contributed by atoms with E-state index in [1.807, 2.05) is 13.0 Å². The van der Waals surface area contributed by atoms with Gasteiger partial charge in [0.05, 0.1) is 19.8 Å². The highest BCUT2D eigenvalue weighted by Crippen LogP contribution is 2.35. The molecule has 0 heterocycles. The summed E-state index contributed by atoms with van der Waals surface area (Å²) in [4.78, 5) is 17.1. The highest BCUT2D eigenvalue weighted by Gasteiger charge is 2.16. The first-order valence-electron chi connectivity index (χ1n) is 10.6. The number of allylic oxidation sites excluding steroid dienone is 7. The van der Waals surface area contributed by atoms with E-state index in [0.29, 0.717) is 6.61 Å². The lowest BCUT2D eigenvalue weighted by atomic mass is 10.0. The fourth-order valence-corrected chi connectivity index (χ4v) is 2.99. The van der Waals surface area contributed by atoms with Crippen LogP contribution in [-0.2, 0) is 13.8 Å². The Bertz CT molecular complexity index is 638. The van der Waals surface area contributed by atoms with E-state index >= 15 is 0 Å². The van der Waals surface area contributed by atoms with Crippen molar-refractivity contribution in [2.45, 2.75) is 79.2 Å². The minimum Gasteiger partial charge on any atom is -0.388 e. The van der Waals surface area contributed by atoms with E-state index in [1.54, 1.807) is 0 Å². The van der Waals surface area contributed by atoms with Crippen LogP contribution in [0.1, 0.15) is 73.1 Å². The predicted octanol–water partition coefficient (Wildman–Crippen LogP) is 5.62. The molecule has 30 heavy (non-hydrogen) atoms. The summed E-state index contributed by atoms with van der Waals surface area (Å²) in [5, 5.41) is 9.52. The van der Waals surface area contributed by atoms with Crippen LogP contribution in [0.4, 0.5) is 0 Å². The Kier molecular flexibility index (Phi) is 16.1. The molecule has 0 spiro atoms. The van der Waals surface area contributed by atoms with Gasteiger partial charge >= 0.3 is 7.82 Å². The third-order valence-electron chi connectivity index (χ3n) is 4.45. The summed E-state index contributed by atoms with van der Waals surface area (Å²) in [5.41, 5.74) is 5.44. The molecule has 0 radical (unpaired) electrons. The molecule has 0 amide bonds. The molecule has 0 aromatic heterocycles. The number of rotatable bonds is 16. The summed E-state index contributed by atoms with van der Waals surface area (Å²) in [6.07, 6.45) is 14.2. The van der Waals surface area contributed by atoms with Crippen molar-refractivity contribution in [2.24, 2.45) is 0 Å². The largest absolute Gasteiger partial charge is 0.469 e. The van der Waals surface area contributed by atoms with Crippen LogP contribution < -0.4 is 0 Å². The summed E-state index contributed by atoms with van der Waals surface area (Å²) in [5.74, 6) is 0. The monoisotopic (exact) mass is 444 g/mol. The highest BCUT2D eigenvalue weighted by molar-refractivity contribution is 7.46. The minimum absolute atomic E-state index is 0.0376. The van der Waals surface area contributed by atoms with Crippen molar-refractivity contribution in [3.05, 3.63) is 46.6 Å². The van der Waals surface area contributed by atoms with Crippen molar-refractivity contribution < 1.29 is 28.7 Å². The summed E-state index contributed by atoms with van der Waals surface area (Å²) >= 11 is 0. The number of hydrogen-bond donors (Lipinski definition) is 3. The first kappa shape index (κ1) is 29.0. The molecule has 1 atom stereocenters. The van der Waals surface area contributed by atoms with E-state index in [4.69, 9.17) is 14.5 Å². The van der Waals surface area contributed by atoms with Gasteiger partial charge in [-0.25, -0.2) is 4.57 Å². The summed E-state index contributed by atoms with van der Waals surface area (Å²) in [6.45, 7) is 10.5. The van der Waals surface area contributed by atoms with Crippen LogP contribution in [0, 0.1) is 0 Å². The fraction of sp³-hybridized carbons (Fsp3) is 0.652. The van der Waals surface area contributed by atoms with Gasteiger partial charge in [0.2, 0.25) is 0 Å². The van der Waals surface area contributed by atoms with Crippen LogP contribution in [0.5, 0.6) is 0 Å². The lowest BCUT2D eigenvalue weighted by Crippen LogP contribution is -2.21. The Balaban J connectivity index is 3.98. The van der Waals surface area contributed by atoms with Gasteiger partial charge in [0.1, 0.15) is 6.10 Å². The maximum Gasteiger partial charge on any atom is 0.469 e. The van der Waals surface area contributed by atoms with Crippen molar-refractivity contribution in [1.82, 2.24) is 0 Å². The van der Waals surface area contributed by atoms with Crippen molar-refractivity contribution >= 4 is 7.82 Å². The van der Waals surface area contributed by atoms with Crippen molar-refractivity contribution in [3.63, 3.8) is 0 Å². The number of phosphoric ester groups is 1. The molecule has 0 aromatic rings. The van der Waals surface area contributed by atoms with E-state index in [1.165, 1.54) is 22.3 Å². The van der Waals surface area contributed by atoms with E-state index in [-0.39, 0.29) is 6.61 Å². The minimum atomic E-state index is -4.55. The molecule has 0 aliphatic carbocycles. The van der Waals surface area contributed by atoms with Gasteiger partial charge < -0.3 is 19.6 Å². The number of ether oxygens (including phenoxy) is 1. The fourth-order valence-electron chi connectivity index (χ4n) is 2.62. The second-order valence-electron chi connectivity index (χ2n) is 8.03. The van der Waals surface area contributed by atoms with Crippen LogP contribution >= 0.6 is 7.82 Å². The number of hydrogen-bond acceptors (Lipinski definition) is 4. The van der Waals surface area contributed by atoms with Gasteiger partial charge in [-0.05, 0) is 73.1 Å². The first-order chi connectivity index (χ1) is 14.0. The van der Waals surface area contributed by atoms with Crippen LogP contribution in [0.2, 0.25) is 0 Å². The molecule has 0 aromatic carbocycles. The van der Waals surface area contributed by atoms with Gasteiger partial charge in [-0.3, -0.25) is 4.52 Å². The van der Waals surface area contributed by atoms with E-state index in [0.717, 1.165) is 38.5 Å². The maximum atomic E-state index is 10.6. The summed E-state index contributed by atoms with van der Waals surface area (Å²) in [7, 11) is -4.55. The molecule has 7 heteroatoms. The van der Waals surface area contributed by atoms with E-state index in [2.05, 4.69) is 50.4 Å². The standard InChI is InChI=1S/C23H41O6P/c1-19(2)9-6-10-20(3)11-7-12-21(4)13-8-14-22(5)15-16-28-17-23(24)18-29-30(25,26)27/h9,11,13,15,23-24H,6-8,10,12,14,16-18H2,1-5H3,(H2,25,26,27)/b20-11+,21-13+,22-15+. The third-order valence-corrected chi connectivity index (χ3v) is 4.93. The SMILES string of the molecule is CC(C)=CCC/C(C)=C/CC/C(C)=C/CC/C(C)=C/COCC(O)COP(=O)(O)O. The second-order valence-corrected chi connectivity index (χ2v) is 9.27. The van der Waals surface area contributed by atoms with Crippen LogP contribution in [0.25, 0.3) is 0 Å². The Hall–Kier alpha value is -1.01. The van der Waals surface area contributed by atoms with Gasteiger partial charge in [-0.15, -0.1) is 0 Å². The lowest BCUT2D eigenvalue weighted by molar-refractivity contribution is 0.0139. The normalized spacial score (nSPS) is 14.7. The van der Waals surface area contributed by atoms with Gasteiger partial charge in [0, 0.05) is 0 Å². The predicted molar refractivity (Wildman–Crippen MR) is 123 cm³/mol. The molecule has 0 bridgehead atoms. The van der Waals surface area contributed by atoms with Gasteiger partial charge in [0.25, 0.3) is 0 Å². The highest BCUT2D eigenvalue weighted by atomic mass is 31.2. The van der Waals surface area contributed by atoms with Crippen molar-refractivity contribution in [1.29, 1.82) is 0 Å². The molecule has 6 nitrogen and oxygen atoms in total. The zero-order chi connectivity index (χ0) is 23.0. The Morgan fingerprint density at radius 1 is 0.800 bits per heavy atom. The van der Waals surface area contributed by atoms with Gasteiger partial charge in [0.15, 0.2) is 0 Å². The van der Waals surface area contributed by atoms with Crippen molar-refractivity contribution in [2.75, 3.05) is 19.8 Å². The summed E-state index contributed by atoms with van der Waals surface area (Å²) < 4.78 is 20.1. The first-order valence-corrected chi connectivity index (χ1v) is 12.1. The number of aliphatic hydroxyl groups excluding tert-OH is 1. The maximum absolute atomic E-state index is 10.6. The van der Waals surface area contributed by atoms with Gasteiger partial charge in [-0.2, -0.15) is 0 Å². The Morgan fingerprint density at radius 3 is 1.73 bits per heavy atom. The second kappa shape index (κ2) is 16.7. The average Bonchev–Trinajstić information content (AvgIpc) is 2.62. The number of aliphatic hydroxyl groups is 1. The van der Waals surface area contributed by atoms with Crippen molar-refractivity contribution in [3.8, 4) is 0 Å². The molecule has 0 aliphatic heterocycles. The van der Waals surface area contributed by atoms with E-state index < -0.39 is 20.5 Å². The molecule has 0 saturated heterocycles. The number of phosphoric acid groups is 1. The molecular weight excluding hydrogens is 403 g/mol. The molecular formula is C23H41O6P. The van der Waals surface area contributed by atoms with Gasteiger partial charge in [-0.1, -0.05) is 46.6 Å². The molecule has 3 N–H and O–H groups in total. The zero-order valence-electron chi connectivity index (χ0n) is 19.3. The lowest BCUT2D eigenvalue weighted by Gasteiger charge is -2.11. The molecule has 0 aliphatic rings. The van der Waals surface area contributed by atoms with Crippen LogP contribution in [0.15, 0.2) is 46.6 Å². The molecule has 0 saturated carbocycles. The molecule has 1 unspecified atom stereocenters. The third kappa shape index (κ3) is 20.3.